The molecule has 0 heterocycles. The van der Waals surface area contributed by atoms with Gasteiger partial charge in [0, 0.05) is 0 Å². The minimum atomic E-state index is 0. The van der Waals surface area contributed by atoms with Gasteiger partial charge in [0.1, 0.15) is 0 Å². The molecule has 0 atom stereocenters. The Kier molecular flexibility index (Phi) is 12.5. The summed E-state index contributed by atoms with van der Waals surface area (Å²) in [5, 5.41) is 5.64. The zero-order valence-corrected chi connectivity index (χ0v) is 23.4. The molecule has 0 unspecified atom stereocenters. The second kappa shape index (κ2) is 12.9. The van der Waals surface area contributed by atoms with Crippen molar-refractivity contribution < 1.29 is 44.0 Å². The van der Waals surface area contributed by atoms with Crippen LogP contribution in [-0.2, 0) is 19.2 Å². The standard InChI is InChI=1S/2C12H13.C2H6Si.2ClH.Ti/c2*1-8-6-11-9(2)4-5-10(3)12(11)7-8;1-3-2;;;/h2*4-7H,1-3H3;1-2H3;2*1H;/q2*-1;;;;+2/p-2. The van der Waals surface area contributed by atoms with Crippen LogP contribution in [0.4, 0.5) is 0 Å². The maximum atomic E-state index is 2.27. The van der Waals surface area contributed by atoms with Crippen molar-refractivity contribution >= 4 is 27.7 Å². The molecule has 0 bridgehead atoms. The van der Waals surface area contributed by atoms with Crippen LogP contribution in [0.25, 0.3) is 21.5 Å². The SMILES string of the molecule is C[Si](C)=[Ti+2].Cc1cc2c(C)ccc(C)c2[cH-]1.Cc1cc2c(C)ccc(C)c2[cH-]1.[Cl-].[Cl-]. The molecule has 4 heteroatoms. The second-order valence-electron chi connectivity index (χ2n) is 8.12. The van der Waals surface area contributed by atoms with Crippen LogP contribution in [-0.4, -0.2) is 6.19 Å². The molecule has 160 valence electrons. The average Bonchev–Trinajstić information content (AvgIpc) is 3.19. The van der Waals surface area contributed by atoms with Crippen molar-refractivity contribution in [2.24, 2.45) is 0 Å². The molecular formula is C26H32Cl2SiTi-2. The molecule has 4 aromatic carbocycles. The minimum Gasteiger partial charge on any atom is -1.00 e. The summed E-state index contributed by atoms with van der Waals surface area (Å²) < 4.78 is 0. The third-order valence-corrected chi connectivity index (χ3v) is 4.93. The molecule has 0 spiro atoms. The fraction of sp³-hybridized carbons (Fsp3) is 0.308. The van der Waals surface area contributed by atoms with Crippen molar-refractivity contribution in [2.45, 2.75) is 54.6 Å². The van der Waals surface area contributed by atoms with E-state index in [1.165, 1.54) is 54.9 Å². The van der Waals surface area contributed by atoms with Gasteiger partial charge >= 0.3 is 38.5 Å². The quantitative estimate of drug-likeness (QED) is 0.260. The Bertz CT molecular complexity index is 953. The van der Waals surface area contributed by atoms with Gasteiger partial charge in [-0.25, -0.2) is 0 Å². The molecule has 0 radical (unpaired) electrons. The van der Waals surface area contributed by atoms with Gasteiger partial charge in [0.2, 0.25) is 0 Å². The second-order valence-corrected chi connectivity index (χ2v) is 14.8. The normalized spacial score (nSPS) is 9.67. The van der Waals surface area contributed by atoms with Crippen molar-refractivity contribution in [2.75, 3.05) is 0 Å². The molecule has 0 saturated heterocycles. The number of rotatable bonds is 0. The van der Waals surface area contributed by atoms with Gasteiger partial charge in [0.25, 0.3) is 0 Å². The zero-order chi connectivity index (χ0) is 21.0. The first-order chi connectivity index (χ1) is 13.1. The van der Waals surface area contributed by atoms with E-state index < -0.39 is 0 Å². The van der Waals surface area contributed by atoms with Crippen LogP contribution < -0.4 is 24.8 Å². The largest absolute Gasteiger partial charge is 1.00 e. The van der Waals surface area contributed by atoms with Gasteiger partial charge in [0.15, 0.2) is 0 Å². The average molecular weight is 491 g/mol. The van der Waals surface area contributed by atoms with Crippen molar-refractivity contribution in [3.63, 3.8) is 0 Å². The monoisotopic (exact) mass is 490 g/mol. The van der Waals surface area contributed by atoms with Crippen LogP contribution in [0.3, 0.4) is 0 Å². The number of aryl methyl sites for hydroxylation is 6. The topological polar surface area (TPSA) is 0 Å². The smallest absolute Gasteiger partial charge is 0.0488 e. The summed E-state index contributed by atoms with van der Waals surface area (Å²) in [5.74, 6) is 0. The number of benzene rings is 2. The van der Waals surface area contributed by atoms with Gasteiger partial charge in [-0.15, -0.1) is 68.1 Å². The summed E-state index contributed by atoms with van der Waals surface area (Å²) in [6.45, 7) is 17.5. The summed E-state index contributed by atoms with van der Waals surface area (Å²) >= 11 is 2.27. The molecule has 0 N–H and O–H groups in total. The van der Waals surface area contributed by atoms with Crippen molar-refractivity contribution in [1.82, 2.24) is 0 Å². The van der Waals surface area contributed by atoms with Gasteiger partial charge in [-0.05, 0) is 13.8 Å². The Morgan fingerprint density at radius 1 is 0.600 bits per heavy atom. The van der Waals surface area contributed by atoms with E-state index in [2.05, 4.69) is 122 Å². The molecule has 0 aliphatic rings. The maximum Gasteiger partial charge on any atom is -0.0488 e. The summed E-state index contributed by atoms with van der Waals surface area (Å²) in [6, 6.07) is 17.8. The number of fused-ring (bicyclic) bond motifs is 2. The van der Waals surface area contributed by atoms with E-state index in [0.29, 0.717) is 0 Å². The third-order valence-electron chi connectivity index (χ3n) is 4.93. The predicted octanol–water partition coefficient (Wildman–Crippen LogP) is 1.76. The van der Waals surface area contributed by atoms with Crippen LogP contribution in [0.5, 0.6) is 0 Å². The van der Waals surface area contributed by atoms with E-state index in [-0.39, 0.29) is 31.0 Å². The van der Waals surface area contributed by atoms with E-state index >= 15 is 0 Å². The molecule has 0 fully saturated rings. The van der Waals surface area contributed by atoms with Gasteiger partial charge in [-0.1, -0.05) is 51.0 Å². The Labute approximate surface area is 207 Å². The van der Waals surface area contributed by atoms with Crippen molar-refractivity contribution in [1.29, 1.82) is 0 Å². The first-order valence-electron chi connectivity index (χ1n) is 9.88. The molecule has 30 heavy (non-hydrogen) atoms. The predicted molar refractivity (Wildman–Crippen MR) is 125 cm³/mol. The Morgan fingerprint density at radius 2 is 0.867 bits per heavy atom. The maximum absolute atomic E-state index is 2.27. The van der Waals surface area contributed by atoms with Crippen molar-refractivity contribution in [3.8, 4) is 0 Å². The van der Waals surface area contributed by atoms with Crippen LogP contribution in [0, 0.1) is 41.5 Å². The fourth-order valence-corrected chi connectivity index (χ4v) is 3.47. The van der Waals surface area contributed by atoms with Crippen LogP contribution in [0.1, 0.15) is 33.4 Å². The third kappa shape index (κ3) is 7.70. The molecule has 0 aromatic heterocycles. The van der Waals surface area contributed by atoms with E-state index in [0.717, 1.165) is 0 Å². The Balaban J connectivity index is 0.000000452. The molecule has 0 nitrogen and oxygen atoms in total. The van der Waals surface area contributed by atoms with Crippen LogP contribution in [0.2, 0.25) is 13.1 Å². The van der Waals surface area contributed by atoms with E-state index in [4.69, 9.17) is 0 Å². The Morgan fingerprint density at radius 3 is 1.13 bits per heavy atom. The summed E-state index contributed by atoms with van der Waals surface area (Å²) in [7, 11) is 0. The molecule has 0 aliphatic heterocycles. The molecule has 4 rings (SSSR count). The van der Waals surface area contributed by atoms with Crippen LogP contribution >= 0.6 is 0 Å². The van der Waals surface area contributed by atoms with Gasteiger partial charge in [-0.2, -0.15) is 12.1 Å². The minimum absolute atomic E-state index is 0. The van der Waals surface area contributed by atoms with E-state index in [9.17, 15) is 0 Å². The Hall–Kier alpha value is -0.829. The van der Waals surface area contributed by atoms with Crippen LogP contribution in [0.15, 0.2) is 48.5 Å². The summed E-state index contributed by atoms with van der Waals surface area (Å²) in [4.78, 5) is 0. The number of hydrogen-bond acceptors (Lipinski definition) is 0. The van der Waals surface area contributed by atoms with E-state index in [1.54, 1.807) is 0 Å². The number of hydrogen-bond donors (Lipinski definition) is 0. The zero-order valence-electron chi connectivity index (χ0n) is 19.4. The molecule has 0 aliphatic carbocycles. The molecule has 4 aromatic rings. The van der Waals surface area contributed by atoms with Crippen molar-refractivity contribution in [3.05, 3.63) is 81.9 Å². The van der Waals surface area contributed by atoms with Gasteiger partial charge in [-0.3, -0.25) is 0 Å². The molecule has 0 saturated carbocycles. The first kappa shape index (κ1) is 29.2. The van der Waals surface area contributed by atoms with Gasteiger partial charge in [0.05, 0.1) is 0 Å². The number of halogens is 2. The first-order valence-corrected chi connectivity index (χ1v) is 14.7. The molecule has 0 amide bonds. The summed E-state index contributed by atoms with van der Waals surface area (Å²) in [5.41, 5.74) is 8.24. The van der Waals surface area contributed by atoms with Gasteiger partial charge < -0.3 is 24.8 Å². The molecular weight excluding hydrogens is 459 g/mol. The van der Waals surface area contributed by atoms with E-state index in [1.807, 2.05) is 0 Å². The fourth-order valence-electron chi connectivity index (χ4n) is 3.47. The summed E-state index contributed by atoms with van der Waals surface area (Å²) in [6.07, 6.45) is 0.120.